The van der Waals surface area contributed by atoms with Crippen molar-refractivity contribution in [1.82, 2.24) is 15.0 Å². The lowest BCUT2D eigenvalue weighted by Crippen LogP contribution is -2.00. The summed E-state index contributed by atoms with van der Waals surface area (Å²) in [6.45, 7) is 10.1. The van der Waals surface area contributed by atoms with Gasteiger partial charge in [-0.2, -0.15) is 0 Å². The zero-order chi connectivity index (χ0) is 23.6. The van der Waals surface area contributed by atoms with Crippen LogP contribution in [-0.2, 0) is 0 Å². The molecule has 0 amide bonds. The fourth-order valence-electron chi connectivity index (χ4n) is 3.44. The van der Waals surface area contributed by atoms with E-state index in [1.807, 2.05) is 88.4 Å². The Morgan fingerprint density at radius 3 is 1.36 bits per heavy atom. The van der Waals surface area contributed by atoms with Gasteiger partial charge in [-0.1, -0.05) is 124 Å². The number of fused-ring (bicyclic) bond motifs is 1. The third kappa shape index (κ3) is 5.69. The summed E-state index contributed by atoms with van der Waals surface area (Å²) in [5.41, 5.74) is 4.19. The van der Waals surface area contributed by atoms with Crippen molar-refractivity contribution in [2.24, 2.45) is 0 Å². The molecule has 0 saturated heterocycles. The molecule has 0 N–H and O–H groups in total. The van der Waals surface area contributed by atoms with Gasteiger partial charge in [0.05, 0.1) is 0 Å². The van der Waals surface area contributed by atoms with Crippen LogP contribution in [0.15, 0.2) is 97.1 Å². The molecule has 1 heterocycles. The maximum Gasteiger partial charge on any atom is 0.164 e. The molecule has 0 aliphatic rings. The minimum absolute atomic E-state index is 0.679. The molecule has 0 aliphatic heterocycles. The largest absolute Gasteiger partial charge is 0.208 e. The van der Waals surface area contributed by atoms with Gasteiger partial charge in [0.2, 0.25) is 0 Å². The van der Waals surface area contributed by atoms with Gasteiger partial charge in [-0.05, 0) is 23.8 Å². The van der Waals surface area contributed by atoms with Crippen molar-refractivity contribution in [3.8, 4) is 34.2 Å². The highest BCUT2D eigenvalue weighted by Crippen LogP contribution is 2.27. The van der Waals surface area contributed by atoms with Gasteiger partial charge in [0, 0.05) is 16.7 Å². The Balaban J connectivity index is 0.000000728. The molecule has 5 rings (SSSR count). The quantitative estimate of drug-likeness (QED) is 0.287. The maximum absolute atomic E-state index is 4.80. The van der Waals surface area contributed by atoms with E-state index in [-0.39, 0.29) is 0 Å². The van der Waals surface area contributed by atoms with Gasteiger partial charge in [0.25, 0.3) is 0 Å². The molecule has 0 radical (unpaired) electrons. The molecule has 5 aromatic rings. The van der Waals surface area contributed by atoms with E-state index in [0.29, 0.717) is 17.5 Å². The Kier molecular flexibility index (Phi) is 8.43. The van der Waals surface area contributed by atoms with Crippen LogP contribution in [0.3, 0.4) is 0 Å². The van der Waals surface area contributed by atoms with Crippen LogP contribution in [0.4, 0.5) is 0 Å². The van der Waals surface area contributed by atoms with Crippen molar-refractivity contribution < 1.29 is 0 Å². The number of benzene rings is 4. The van der Waals surface area contributed by atoms with Gasteiger partial charge in [0.15, 0.2) is 17.5 Å². The van der Waals surface area contributed by atoms with Crippen LogP contribution in [-0.4, -0.2) is 15.0 Å². The zero-order valence-corrected chi connectivity index (χ0v) is 20.1. The van der Waals surface area contributed by atoms with Gasteiger partial charge < -0.3 is 0 Å². The van der Waals surface area contributed by atoms with Crippen molar-refractivity contribution in [1.29, 1.82) is 0 Å². The lowest BCUT2D eigenvalue weighted by Gasteiger charge is -2.09. The lowest BCUT2D eigenvalue weighted by molar-refractivity contribution is 1.07. The normalized spacial score (nSPS) is 9.97. The highest BCUT2D eigenvalue weighted by atomic mass is 15.0. The van der Waals surface area contributed by atoms with E-state index >= 15 is 0 Å². The van der Waals surface area contributed by atoms with Crippen LogP contribution in [0.5, 0.6) is 0 Å². The minimum atomic E-state index is 0.679. The number of hydrogen-bond acceptors (Lipinski definition) is 3. The molecule has 166 valence electrons. The predicted octanol–water partition coefficient (Wildman–Crippen LogP) is 8.39. The summed E-state index contributed by atoms with van der Waals surface area (Å²) < 4.78 is 0. The molecule has 0 spiro atoms. The first-order chi connectivity index (χ1) is 16.3. The molecular weight excluding hydrogens is 402 g/mol. The molecule has 0 saturated carbocycles. The number of rotatable bonds is 3. The summed E-state index contributed by atoms with van der Waals surface area (Å²) in [5.74, 6) is 2.04. The van der Waals surface area contributed by atoms with Gasteiger partial charge in [-0.25, -0.2) is 15.0 Å². The summed E-state index contributed by atoms with van der Waals surface area (Å²) in [5, 5.41) is 2.39. The molecule has 0 bridgehead atoms. The number of aromatic nitrogens is 3. The predicted molar refractivity (Wildman–Crippen MR) is 141 cm³/mol. The van der Waals surface area contributed by atoms with Crippen molar-refractivity contribution in [2.75, 3.05) is 0 Å². The summed E-state index contributed by atoms with van der Waals surface area (Å²) in [6.07, 6.45) is 0. The van der Waals surface area contributed by atoms with E-state index < -0.39 is 0 Å². The standard InChI is InChI=1S/C26H19N3.2C2H6/c1-18-12-13-22-17-23(15-14-21(22)16-18)26-28-24(19-8-4-2-5-9-19)27-25(29-26)20-10-6-3-7-11-20;2*1-2/h2-17H,1H3;2*1-2H3. The molecular formula is C30H31N3. The fraction of sp³-hybridized carbons (Fsp3) is 0.167. The Morgan fingerprint density at radius 2 is 0.848 bits per heavy atom. The maximum atomic E-state index is 4.80. The topological polar surface area (TPSA) is 38.7 Å². The molecule has 0 unspecified atom stereocenters. The van der Waals surface area contributed by atoms with Crippen LogP contribution in [0, 0.1) is 6.92 Å². The second-order valence-electron chi connectivity index (χ2n) is 7.10. The van der Waals surface area contributed by atoms with Crippen LogP contribution < -0.4 is 0 Å². The molecule has 3 heteroatoms. The van der Waals surface area contributed by atoms with Crippen molar-refractivity contribution >= 4 is 10.8 Å². The van der Waals surface area contributed by atoms with E-state index in [0.717, 1.165) is 16.7 Å². The van der Waals surface area contributed by atoms with Gasteiger partial charge in [-0.15, -0.1) is 0 Å². The Morgan fingerprint density at radius 1 is 0.424 bits per heavy atom. The Hall–Kier alpha value is -3.85. The first kappa shape index (κ1) is 23.8. The van der Waals surface area contributed by atoms with E-state index in [9.17, 15) is 0 Å². The first-order valence-corrected chi connectivity index (χ1v) is 11.6. The fourth-order valence-corrected chi connectivity index (χ4v) is 3.44. The third-order valence-electron chi connectivity index (χ3n) is 4.95. The molecule has 0 atom stereocenters. The summed E-state index contributed by atoms with van der Waals surface area (Å²) >= 11 is 0. The highest BCUT2D eigenvalue weighted by molar-refractivity contribution is 5.87. The van der Waals surface area contributed by atoms with E-state index in [1.165, 1.54) is 16.3 Å². The van der Waals surface area contributed by atoms with Crippen molar-refractivity contribution in [3.63, 3.8) is 0 Å². The SMILES string of the molecule is CC.CC.Cc1ccc2cc(-c3nc(-c4ccccc4)nc(-c4ccccc4)n3)ccc2c1. The van der Waals surface area contributed by atoms with Crippen molar-refractivity contribution in [2.45, 2.75) is 34.6 Å². The van der Waals surface area contributed by atoms with Crippen molar-refractivity contribution in [3.05, 3.63) is 103 Å². The van der Waals surface area contributed by atoms with E-state index in [2.05, 4.69) is 43.3 Å². The number of aryl methyl sites for hydroxylation is 1. The average molecular weight is 434 g/mol. The second kappa shape index (κ2) is 11.7. The summed E-state index contributed by atoms with van der Waals surface area (Å²) in [6, 6.07) is 32.9. The smallest absolute Gasteiger partial charge is 0.164 e. The molecule has 1 aromatic heterocycles. The molecule has 4 aromatic carbocycles. The minimum Gasteiger partial charge on any atom is -0.208 e. The third-order valence-corrected chi connectivity index (χ3v) is 4.95. The monoisotopic (exact) mass is 433 g/mol. The zero-order valence-electron chi connectivity index (χ0n) is 20.1. The average Bonchev–Trinajstić information content (AvgIpc) is 2.91. The van der Waals surface area contributed by atoms with Gasteiger partial charge in [0.1, 0.15) is 0 Å². The van der Waals surface area contributed by atoms with Gasteiger partial charge >= 0.3 is 0 Å². The first-order valence-electron chi connectivity index (χ1n) is 11.6. The number of hydrogen-bond donors (Lipinski definition) is 0. The lowest BCUT2D eigenvalue weighted by atomic mass is 10.0. The van der Waals surface area contributed by atoms with E-state index in [1.54, 1.807) is 0 Å². The van der Waals surface area contributed by atoms with Crippen LogP contribution in [0.2, 0.25) is 0 Å². The molecule has 33 heavy (non-hydrogen) atoms. The van der Waals surface area contributed by atoms with Crippen LogP contribution >= 0.6 is 0 Å². The summed E-state index contributed by atoms with van der Waals surface area (Å²) in [7, 11) is 0. The van der Waals surface area contributed by atoms with Gasteiger partial charge in [-0.3, -0.25) is 0 Å². The number of nitrogens with zero attached hydrogens (tertiary/aromatic N) is 3. The molecule has 0 fully saturated rings. The van der Waals surface area contributed by atoms with E-state index in [4.69, 9.17) is 15.0 Å². The van der Waals surface area contributed by atoms with Crippen LogP contribution in [0.1, 0.15) is 33.3 Å². The Labute approximate surface area is 197 Å². The highest BCUT2D eigenvalue weighted by Gasteiger charge is 2.12. The summed E-state index contributed by atoms with van der Waals surface area (Å²) in [4.78, 5) is 14.4. The Bertz CT molecular complexity index is 1240. The molecule has 0 aliphatic carbocycles. The van der Waals surface area contributed by atoms with Crippen LogP contribution in [0.25, 0.3) is 44.9 Å². The second-order valence-corrected chi connectivity index (χ2v) is 7.10. The molecule has 3 nitrogen and oxygen atoms in total.